The number of fused-ring (bicyclic) bond motifs is 1. The first-order valence-corrected chi connectivity index (χ1v) is 14.5. The van der Waals surface area contributed by atoms with Crippen molar-refractivity contribution in [1.82, 2.24) is 14.3 Å². The second-order valence-corrected chi connectivity index (χ2v) is 11.4. The summed E-state index contributed by atoms with van der Waals surface area (Å²) in [6, 6.07) is 13.4. The van der Waals surface area contributed by atoms with Gasteiger partial charge in [0.25, 0.3) is 0 Å². The second kappa shape index (κ2) is 11.8. The van der Waals surface area contributed by atoms with Crippen molar-refractivity contribution in [2.75, 3.05) is 18.1 Å². The third-order valence-corrected chi connectivity index (χ3v) is 7.53. The van der Waals surface area contributed by atoms with Gasteiger partial charge in [-0.05, 0) is 41.9 Å². The van der Waals surface area contributed by atoms with E-state index in [0.29, 0.717) is 32.2 Å². The summed E-state index contributed by atoms with van der Waals surface area (Å²) >= 11 is 6.55. The summed E-state index contributed by atoms with van der Waals surface area (Å²) in [5.74, 6) is 0.191. The Bertz CT molecular complexity index is 1900. The third kappa shape index (κ3) is 6.35. The van der Waals surface area contributed by atoms with Crippen LogP contribution in [0.3, 0.4) is 0 Å². The highest BCUT2D eigenvalue weighted by Crippen LogP contribution is 2.31. The molecule has 5 rings (SSSR count). The highest BCUT2D eigenvalue weighted by atomic mass is 35.5. The first kappa shape index (κ1) is 23.0. The van der Waals surface area contributed by atoms with Gasteiger partial charge in [0, 0.05) is 33.2 Å². The van der Waals surface area contributed by atoms with Crippen LogP contribution in [0.5, 0.6) is 0 Å². The molecule has 1 aliphatic carbocycles. The number of anilines is 1. The standard InChI is InChI=1S/C29H28ClFN4O4S/c1-3-35(40(2,36)37)17-20-13-14-38-27(20)29-33-25-10-5-4-9-23(25)28(34-29)32-22-11-12-26(24(30)16-22)39-18-19-7-6-8-21(31)15-19/h4-15,22H,3,16-18H2,1-2H3,(H,32,33,34)/i3D2,11D,12D. The number of aromatic nitrogens is 2. The molecule has 40 heavy (non-hydrogen) atoms. The number of nitrogens with zero attached hydrogens (tertiary/aromatic N) is 3. The summed E-state index contributed by atoms with van der Waals surface area (Å²) in [5.41, 5.74) is 1.42. The number of hydrogen-bond acceptors (Lipinski definition) is 7. The Kier molecular flexibility index (Phi) is 6.79. The molecule has 0 bridgehead atoms. The number of para-hydroxylation sites is 1. The number of sulfonamides is 1. The molecule has 11 heteroatoms. The van der Waals surface area contributed by atoms with Crippen LogP contribution in [0.2, 0.25) is 0 Å². The lowest BCUT2D eigenvalue weighted by Gasteiger charge is -2.22. The fourth-order valence-corrected chi connectivity index (χ4v) is 5.11. The minimum atomic E-state index is -3.93. The summed E-state index contributed by atoms with van der Waals surface area (Å²) in [6.07, 6.45) is 2.38. The molecule has 0 radical (unpaired) electrons. The maximum absolute atomic E-state index is 13.6. The molecule has 0 aliphatic heterocycles. The largest absolute Gasteiger partial charge is 0.488 e. The van der Waals surface area contributed by atoms with Crippen molar-refractivity contribution in [3.05, 3.63) is 101 Å². The molecule has 1 aliphatic rings. The number of halogens is 2. The quantitative estimate of drug-likeness (QED) is 0.236. The van der Waals surface area contributed by atoms with Crippen molar-refractivity contribution < 1.29 is 27.4 Å². The lowest BCUT2D eigenvalue weighted by Crippen LogP contribution is -2.29. The van der Waals surface area contributed by atoms with Gasteiger partial charge in [-0.2, -0.15) is 4.31 Å². The molecule has 0 amide bonds. The molecule has 1 unspecified atom stereocenters. The van der Waals surface area contributed by atoms with Crippen LogP contribution < -0.4 is 5.32 Å². The molecule has 0 fully saturated rings. The molecular weight excluding hydrogens is 555 g/mol. The molecule has 0 spiro atoms. The topological polar surface area (TPSA) is 97.6 Å². The maximum atomic E-state index is 13.6. The van der Waals surface area contributed by atoms with Crippen molar-refractivity contribution in [3.63, 3.8) is 0 Å². The predicted molar refractivity (Wildman–Crippen MR) is 153 cm³/mol. The van der Waals surface area contributed by atoms with E-state index in [9.17, 15) is 12.8 Å². The average Bonchev–Trinajstić information content (AvgIpc) is 3.42. The van der Waals surface area contributed by atoms with Crippen LogP contribution in [0.15, 0.2) is 88.2 Å². The molecule has 2 heterocycles. The van der Waals surface area contributed by atoms with Crippen molar-refractivity contribution in [1.29, 1.82) is 0 Å². The SMILES string of the molecule is [2H]C1=C([2H])C(Nc2nc(-c3occc3CN(C([2H])([2H])C)S(C)(=O)=O)nc3ccccc23)CC(Cl)=C1OCc1cccc(F)c1. The van der Waals surface area contributed by atoms with Gasteiger partial charge in [-0.1, -0.05) is 48.8 Å². The lowest BCUT2D eigenvalue weighted by molar-refractivity contribution is 0.207. The average molecular weight is 587 g/mol. The van der Waals surface area contributed by atoms with Crippen molar-refractivity contribution in [3.8, 4) is 11.6 Å². The number of ether oxygens (including phenoxy) is 1. The molecule has 8 nitrogen and oxygen atoms in total. The van der Waals surface area contributed by atoms with E-state index in [-0.39, 0.29) is 54.1 Å². The summed E-state index contributed by atoms with van der Waals surface area (Å²) in [6.45, 7) is -1.39. The van der Waals surface area contributed by atoms with E-state index >= 15 is 0 Å². The molecule has 1 atom stereocenters. The zero-order valence-electron chi connectivity index (χ0n) is 25.6. The summed E-state index contributed by atoms with van der Waals surface area (Å²) in [4.78, 5) is 9.25. The molecule has 208 valence electrons. The van der Waals surface area contributed by atoms with E-state index in [4.69, 9.17) is 26.2 Å². The molecule has 4 aromatic rings. The van der Waals surface area contributed by atoms with Gasteiger partial charge in [0.15, 0.2) is 11.6 Å². The molecule has 2 aromatic heterocycles. The maximum Gasteiger partial charge on any atom is 0.211 e. The van der Waals surface area contributed by atoms with Gasteiger partial charge in [-0.3, -0.25) is 0 Å². The Morgan fingerprint density at radius 2 is 2.08 bits per heavy atom. The normalized spacial score (nSPS) is 18.0. The van der Waals surface area contributed by atoms with Crippen LogP contribution in [-0.4, -0.2) is 41.5 Å². The number of rotatable bonds is 10. The zero-order valence-corrected chi connectivity index (χ0v) is 23.2. The predicted octanol–water partition coefficient (Wildman–Crippen LogP) is 6.22. The Morgan fingerprint density at radius 3 is 2.85 bits per heavy atom. The molecule has 1 N–H and O–H groups in total. The van der Waals surface area contributed by atoms with Crippen LogP contribution in [0.1, 0.15) is 30.0 Å². The van der Waals surface area contributed by atoms with Crippen molar-refractivity contribution in [2.45, 2.75) is 32.5 Å². The van der Waals surface area contributed by atoms with Gasteiger partial charge >= 0.3 is 0 Å². The van der Waals surface area contributed by atoms with Gasteiger partial charge in [-0.25, -0.2) is 22.8 Å². The second-order valence-electron chi connectivity index (χ2n) is 9.00. The first-order valence-electron chi connectivity index (χ1n) is 14.2. The monoisotopic (exact) mass is 586 g/mol. The lowest BCUT2D eigenvalue weighted by atomic mass is 10.1. The van der Waals surface area contributed by atoms with Gasteiger partial charge in [0.2, 0.25) is 10.0 Å². The highest BCUT2D eigenvalue weighted by Gasteiger charge is 2.23. The number of nitrogens with one attached hydrogen (secondary N) is 1. The Balaban J connectivity index is 1.45. The number of hydrogen-bond donors (Lipinski definition) is 1. The Morgan fingerprint density at radius 1 is 1.25 bits per heavy atom. The minimum Gasteiger partial charge on any atom is -0.488 e. The summed E-state index contributed by atoms with van der Waals surface area (Å²) < 4.78 is 83.7. The summed E-state index contributed by atoms with van der Waals surface area (Å²) in [7, 11) is -3.93. The van der Waals surface area contributed by atoms with E-state index in [1.807, 2.05) is 0 Å². The van der Waals surface area contributed by atoms with Crippen LogP contribution in [-0.2, 0) is 27.9 Å². The summed E-state index contributed by atoms with van der Waals surface area (Å²) in [5, 5.41) is 4.02. The fourth-order valence-electron chi connectivity index (χ4n) is 4.15. The van der Waals surface area contributed by atoms with Crippen molar-refractivity contribution in [2.24, 2.45) is 0 Å². The third-order valence-electron chi connectivity index (χ3n) is 6.09. The fraction of sp³-hybridized carbons (Fsp3) is 0.241. The Labute approximate surface area is 242 Å². The van der Waals surface area contributed by atoms with E-state index in [1.54, 1.807) is 36.4 Å². The smallest absolute Gasteiger partial charge is 0.211 e. The zero-order chi connectivity index (χ0) is 31.8. The highest BCUT2D eigenvalue weighted by molar-refractivity contribution is 7.88. The van der Waals surface area contributed by atoms with Crippen LogP contribution in [0.4, 0.5) is 10.2 Å². The number of allylic oxidation sites excluding steroid dienone is 1. The minimum absolute atomic E-state index is 0.0290. The van der Waals surface area contributed by atoms with Crippen LogP contribution in [0, 0.1) is 5.82 Å². The van der Waals surface area contributed by atoms with Gasteiger partial charge < -0.3 is 14.5 Å². The van der Waals surface area contributed by atoms with Crippen molar-refractivity contribution >= 4 is 38.3 Å². The van der Waals surface area contributed by atoms with Gasteiger partial charge in [0.05, 0.1) is 31.9 Å². The molecule has 0 saturated heterocycles. The number of benzene rings is 2. The first-order chi connectivity index (χ1) is 20.7. The van der Waals surface area contributed by atoms with E-state index in [0.717, 1.165) is 13.2 Å². The molecular formula is C29H28ClFN4O4S. The van der Waals surface area contributed by atoms with Gasteiger partial charge in [0.1, 0.15) is 24.0 Å². The van der Waals surface area contributed by atoms with E-state index < -0.39 is 28.4 Å². The molecule has 2 aromatic carbocycles. The van der Waals surface area contributed by atoms with E-state index in [2.05, 4.69) is 15.3 Å². The van der Waals surface area contributed by atoms with Crippen LogP contribution in [0.25, 0.3) is 22.5 Å². The van der Waals surface area contributed by atoms with E-state index in [1.165, 1.54) is 24.5 Å². The Hall–Kier alpha value is -3.73. The van der Waals surface area contributed by atoms with Crippen LogP contribution >= 0.6 is 11.6 Å². The molecule has 0 saturated carbocycles. The van der Waals surface area contributed by atoms with Gasteiger partial charge in [-0.15, -0.1) is 0 Å². The number of furan rings is 1.